The number of aromatic nitrogens is 2. The second-order valence-electron chi connectivity index (χ2n) is 4.93. The molecule has 0 spiro atoms. The van der Waals surface area contributed by atoms with Gasteiger partial charge in [0.25, 0.3) is 0 Å². The number of phenolic OH excluding ortho intramolecular Hbond substituents is 1. The first-order valence-corrected chi connectivity index (χ1v) is 8.37. The summed E-state index contributed by atoms with van der Waals surface area (Å²) in [7, 11) is 0. The van der Waals surface area contributed by atoms with Crippen LogP contribution in [0.4, 0.5) is 5.82 Å². The highest BCUT2D eigenvalue weighted by atomic mass is 32.2. The van der Waals surface area contributed by atoms with Crippen molar-refractivity contribution in [2.75, 3.05) is 5.43 Å². The van der Waals surface area contributed by atoms with E-state index < -0.39 is 0 Å². The molecule has 0 aliphatic rings. The van der Waals surface area contributed by atoms with Gasteiger partial charge in [0.05, 0.1) is 6.21 Å². The highest BCUT2D eigenvalue weighted by molar-refractivity contribution is 7.98. The van der Waals surface area contributed by atoms with Crippen LogP contribution in [0.3, 0.4) is 0 Å². The van der Waals surface area contributed by atoms with Crippen LogP contribution in [0, 0.1) is 0 Å². The van der Waals surface area contributed by atoms with Gasteiger partial charge in [-0.3, -0.25) is 5.43 Å². The molecule has 120 valence electrons. The number of para-hydroxylation sites is 1. The summed E-state index contributed by atoms with van der Waals surface area (Å²) in [6.07, 6.45) is 3.24. The molecule has 0 saturated carbocycles. The van der Waals surface area contributed by atoms with Gasteiger partial charge in [-0.2, -0.15) is 5.10 Å². The summed E-state index contributed by atoms with van der Waals surface area (Å²) >= 11 is 1.57. The zero-order valence-corrected chi connectivity index (χ0v) is 13.6. The average Bonchev–Trinajstić information content (AvgIpc) is 2.63. The number of hydrogen-bond acceptors (Lipinski definition) is 6. The molecule has 0 radical (unpaired) electrons. The Morgan fingerprint density at radius 1 is 1.04 bits per heavy atom. The predicted octanol–water partition coefficient (Wildman–Crippen LogP) is 3.92. The molecule has 0 fully saturated rings. The van der Waals surface area contributed by atoms with Crippen LogP contribution in [0.15, 0.2) is 77.1 Å². The Morgan fingerprint density at radius 3 is 2.67 bits per heavy atom. The van der Waals surface area contributed by atoms with E-state index in [0.29, 0.717) is 16.5 Å². The molecule has 24 heavy (non-hydrogen) atoms. The predicted molar refractivity (Wildman–Crippen MR) is 97.4 cm³/mol. The van der Waals surface area contributed by atoms with Crippen molar-refractivity contribution in [2.24, 2.45) is 5.10 Å². The van der Waals surface area contributed by atoms with Crippen LogP contribution < -0.4 is 5.43 Å². The summed E-state index contributed by atoms with van der Waals surface area (Å²) in [5.41, 5.74) is 4.71. The summed E-state index contributed by atoms with van der Waals surface area (Å²) < 4.78 is 0. The second kappa shape index (κ2) is 8.12. The molecule has 0 aliphatic heterocycles. The number of hydrazone groups is 1. The summed E-state index contributed by atoms with van der Waals surface area (Å²) in [5, 5.41) is 14.5. The number of rotatable bonds is 6. The molecule has 2 aromatic carbocycles. The summed E-state index contributed by atoms with van der Waals surface area (Å²) in [6, 6.07) is 18.9. The van der Waals surface area contributed by atoms with Gasteiger partial charge in [0.1, 0.15) is 5.75 Å². The number of phenols is 1. The Morgan fingerprint density at radius 2 is 1.83 bits per heavy atom. The van der Waals surface area contributed by atoms with Crippen molar-refractivity contribution in [3.05, 3.63) is 78.0 Å². The molecule has 0 atom stereocenters. The number of anilines is 1. The average molecular weight is 336 g/mol. The SMILES string of the molecule is Oc1ccccc1C=NNc1ccnc(SCc2ccccc2)n1. The largest absolute Gasteiger partial charge is 0.507 e. The lowest BCUT2D eigenvalue weighted by molar-refractivity contribution is 0.474. The molecular formula is C18H16N4OS. The topological polar surface area (TPSA) is 70.4 Å². The minimum absolute atomic E-state index is 0.185. The van der Waals surface area contributed by atoms with Crippen molar-refractivity contribution in [1.82, 2.24) is 9.97 Å². The Labute approximate surface area is 144 Å². The maximum Gasteiger partial charge on any atom is 0.189 e. The molecule has 0 saturated heterocycles. The third-order valence-electron chi connectivity index (χ3n) is 3.16. The van der Waals surface area contributed by atoms with Crippen molar-refractivity contribution in [3.8, 4) is 5.75 Å². The van der Waals surface area contributed by atoms with E-state index in [2.05, 4.69) is 32.6 Å². The maximum absolute atomic E-state index is 9.68. The van der Waals surface area contributed by atoms with Crippen molar-refractivity contribution in [3.63, 3.8) is 0 Å². The van der Waals surface area contributed by atoms with Gasteiger partial charge in [-0.1, -0.05) is 54.2 Å². The smallest absolute Gasteiger partial charge is 0.189 e. The highest BCUT2D eigenvalue weighted by Crippen LogP contribution is 2.20. The van der Waals surface area contributed by atoms with Crippen molar-refractivity contribution in [1.29, 1.82) is 0 Å². The molecule has 0 amide bonds. The lowest BCUT2D eigenvalue weighted by Gasteiger charge is -2.03. The van der Waals surface area contributed by atoms with Gasteiger partial charge in [0.15, 0.2) is 11.0 Å². The van der Waals surface area contributed by atoms with Gasteiger partial charge < -0.3 is 5.11 Å². The maximum atomic E-state index is 9.68. The van der Waals surface area contributed by atoms with Gasteiger partial charge in [-0.25, -0.2) is 9.97 Å². The number of benzene rings is 2. The molecule has 0 aliphatic carbocycles. The molecule has 3 rings (SSSR count). The van der Waals surface area contributed by atoms with Crippen LogP contribution in [0.1, 0.15) is 11.1 Å². The van der Waals surface area contributed by atoms with Gasteiger partial charge >= 0.3 is 0 Å². The van der Waals surface area contributed by atoms with Gasteiger partial charge in [-0.15, -0.1) is 0 Å². The number of thioether (sulfide) groups is 1. The minimum Gasteiger partial charge on any atom is -0.507 e. The Hall–Kier alpha value is -2.86. The van der Waals surface area contributed by atoms with E-state index in [1.807, 2.05) is 24.3 Å². The molecular weight excluding hydrogens is 320 g/mol. The van der Waals surface area contributed by atoms with E-state index >= 15 is 0 Å². The van der Waals surface area contributed by atoms with E-state index in [1.54, 1.807) is 48.4 Å². The molecule has 0 unspecified atom stereocenters. The monoisotopic (exact) mass is 336 g/mol. The second-order valence-corrected chi connectivity index (χ2v) is 5.87. The first-order chi connectivity index (χ1) is 11.8. The quantitative estimate of drug-likeness (QED) is 0.309. The fourth-order valence-corrected chi connectivity index (χ4v) is 2.75. The molecule has 5 nitrogen and oxygen atoms in total. The molecule has 2 N–H and O–H groups in total. The van der Waals surface area contributed by atoms with Crippen molar-refractivity contribution >= 4 is 23.8 Å². The van der Waals surface area contributed by atoms with Crippen LogP contribution in [0.2, 0.25) is 0 Å². The van der Waals surface area contributed by atoms with E-state index in [0.717, 1.165) is 5.75 Å². The number of hydrogen-bond donors (Lipinski definition) is 2. The lowest BCUT2D eigenvalue weighted by Crippen LogP contribution is -1.96. The van der Waals surface area contributed by atoms with E-state index in [9.17, 15) is 5.11 Å². The van der Waals surface area contributed by atoms with Gasteiger partial charge in [-0.05, 0) is 17.7 Å². The summed E-state index contributed by atoms with van der Waals surface area (Å²) in [5.74, 6) is 1.60. The summed E-state index contributed by atoms with van der Waals surface area (Å²) in [4.78, 5) is 8.66. The Balaban J connectivity index is 1.60. The third-order valence-corrected chi connectivity index (χ3v) is 4.10. The van der Waals surface area contributed by atoms with Crippen LogP contribution in [0.25, 0.3) is 0 Å². The Kier molecular flexibility index (Phi) is 5.42. The van der Waals surface area contributed by atoms with Gasteiger partial charge in [0, 0.05) is 23.6 Å². The van der Waals surface area contributed by atoms with Crippen LogP contribution >= 0.6 is 11.8 Å². The fourth-order valence-electron chi connectivity index (χ4n) is 1.96. The fraction of sp³-hybridized carbons (Fsp3) is 0.0556. The highest BCUT2D eigenvalue weighted by Gasteiger charge is 2.01. The minimum atomic E-state index is 0.185. The first-order valence-electron chi connectivity index (χ1n) is 7.38. The first kappa shape index (κ1) is 16.0. The Bertz CT molecular complexity index is 824. The standard InChI is InChI=1S/C18H16N4OS/c23-16-9-5-4-8-15(16)12-20-22-17-10-11-19-18(21-17)24-13-14-6-2-1-3-7-14/h1-12,23H,13H2,(H,19,21,22). The number of nitrogens with zero attached hydrogens (tertiary/aromatic N) is 3. The molecule has 1 heterocycles. The van der Waals surface area contributed by atoms with Gasteiger partial charge in [0.2, 0.25) is 0 Å². The number of aromatic hydroxyl groups is 1. The van der Waals surface area contributed by atoms with E-state index in [4.69, 9.17) is 0 Å². The zero-order chi connectivity index (χ0) is 16.6. The van der Waals surface area contributed by atoms with E-state index in [-0.39, 0.29) is 5.75 Å². The lowest BCUT2D eigenvalue weighted by atomic mass is 10.2. The van der Waals surface area contributed by atoms with Crippen LogP contribution in [0.5, 0.6) is 5.75 Å². The summed E-state index contributed by atoms with van der Waals surface area (Å²) in [6.45, 7) is 0. The van der Waals surface area contributed by atoms with Crippen LogP contribution in [-0.4, -0.2) is 21.3 Å². The third kappa shape index (κ3) is 4.57. The molecule has 0 bridgehead atoms. The molecule has 6 heteroatoms. The normalized spacial score (nSPS) is 10.8. The zero-order valence-electron chi connectivity index (χ0n) is 12.8. The number of nitrogens with one attached hydrogen (secondary N) is 1. The van der Waals surface area contributed by atoms with Crippen LogP contribution in [-0.2, 0) is 5.75 Å². The van der Waals surface area contributed by atoms with E-state index in [1.165, 1.54) is 5.56 Å². The molecule has 3 aromatic rings. The van der Waals surface area contributed by atoms with Crippen molar-refractivity contribution < 1.29 is 5.11 Å². The van der Waals surface area contributed by atoms with Crippen molar-refractivity contribution in [2.45, 2.75) is 10.9 Å². The molecule has 1 aromatic heterocycles.